The highest BCUT2D eigenvalue weighted by molar-refractivity contribution is 14.1. The minimum Gasteiger partial charge on any atom is -0.468 e. The summed E-state index contributed by atoms with van der Waals surface area (Å²) in [5.74, 6) is -0.209. The summed E-state index contributed by atoms with van der Waals surface area (Å²) in [6.45, 7) is 2.44. The maximum Gasteiger partial charge on any atom is 0.315 e. The molecule has 0 heterocycles. The molecule has 1 aromatic carbocycles. The number of rotatable bonds is 8. The van der Waals surface area contributed by atoms with Gasteiger partial charge in [-0.1, -0.05) is 30.1 Å². The Morgan fingerprint density at radius 2 is 2.19 bits per heavy atom. The zero-order valence-corrected chi connectivity index (χ0v) is 14.5. The van der Waals surface area contributed by atoms with Crippen molar-refractivity contribution in [1.82, 2.24) is 0 Å². The Morgan fingerprint density at radius 1 is 1.43 bits per heavy atom. The number of esters is 1. The normalized spacial score (nSPS) is 13.1. The van der Waals surface area contributed by atoms with Crippen LogP contribution in [0.5, 0.6) is 0 Å². The van der Waals surface area contributed by atoms with Crippen molar-refractivity contribution in [1.29, 1.82) is 0 Å². The summed E-state index contributed by atoms with van der Waals surface area (Å²) in [4.78, 5) is 15.0. The number of carbonyl (C=O) groups excluding carboxylic acids is 1. The number of ether oxygens (including phenoxy) is 1. The van der Waals surface area contributed by atoms with E-state index in [2.05, 4.69) is 32.6 Å². The average Bonchev–Trinajstić information content (AvgIpc) is 2.49. The van der Waals surface area contributed by atoms with Crippen LogP contribution in [0.15, 0.2) is 29.4 Å². The van der Waals surface area contributed by atoms with Crippen LogP contribution in [-0.2, 0) is 14.9 Å². The van der Waals surface area contributed by atoms with Crippen LogP contribution >= 0.6 is 22.6 Å². The van der Waals surface area contributed by atoms with Crippen molar-refractivity contribution in [3.05, 3.63) is 43.8 Å². The Labute approximate surface area is 138 Å². The fourth-order valence-electron chi connectivity index (χ4n) is 2.30. The lowest BCUT2D eigenvalue weighted by molar-refractivity contribution is -0.147. The molecule has 0 bridgehead atoms. The number of halogens is 1. The van der Waals surface area contributed by atoms with Gasteiger partial charge in [0.1, 0.15) is 0 Å². The summed E-state index contributed by atoms with van der Waals surface area (Å²) in [5.41, 5.74) is 8.58. The molecule has 0 aliphatic carbocycles. The van der Waals surface area contributed by atoms with Crippen molar-refractivity contribution in [3.63, 3.8) is 0 Å². The molecule has 114 valence electrons. The van der Waals surface area contributed by atoms with E-state index in [4.69, 9.17) is 10.3 Å². The zero-order valence-electron chi connectivity index (χ0n) is 12.4. The largest absolute Gasteiger partial charge is 0.468 e. The van der Waals surface area contributed by atoms with E-state index in [-0.39, 0.29) is 5.97 Å². The highest BCUT2D eigenvalue weighted by Crippen LogP contribution is 2.32. The summed E-state index contributed by atoms with van der Waals surface area (Å²) in [7, 11) is 1.43. The molecular formula is C15H20IN3O2. The van der Waals surface area contributed by atoms with Gasteiger partial charge in [0.25, 0.3) is 0 Å². The zero-order chi connectivity index (χ0) is 15.7. The Morgan fingerprint density at radius 3 is 2.81 bits per heavy atom. The SMILES string of the molecule is COC(=O)C(C)(CCCCCN=[N+]=[N-])c1cccc(I)c1. The second kappa shape index (κ2) is 8.89. The van der Waals surface area contributed by atoms with Crippen molar-refractivity contribution >= 4 is 28.6 Å². The van der Waals surface area contributed by atoms with Gasteiger partial charge >= 0.3 is 5.97 Å². The fourth-order valence-corrected chi connectivity index (χ4v) is 2.85. The molecule has 21 heavy (non-hydrogen) atoms. The first kappa shape index (κ1) is 17.8. The molecule has 0 aliphatic rings. The average molecular weight is 401 g/mol. The number of hydrogen-bond acceptors (Lipinski definition) is 3. The van der Waals surface area contributed by atoms with Crippen molar-refractivity contribution < 1.29 is 9.53 Å². The monoisotopic (exact) mass is 401 g/mol. The molecule has 1 atom stereocenters. The summed E-state index contributed by atoms with van der Waals surface area (Å²) in [6, 6.07) is 7.96. The quantitative estimate of drug-likeness (QED) is 0.160. The number of unbranched alkanes of at least 4 members (excludes halogenated alkanes) is 2. The van der Waals surface area contributed by atoms with Crippen LogP contribution in [0.1, 0.15) is 38.2 Å². The molecule has 0 spiro atoms. The van der Waals surface area contributed by atoms with E-state index >= 15 is 0 Å². The predicted molar refractivity (Wildman–Crippen MR) is 91.0 cm³/mol. The molecule has 0 aromatic heterocycles. The third kappa shape index (κ3) is 5.21. The lowest BCUT2D eigenvalue weighted by Gasteiger charge is -2.27. The smallest absolute Gasteiger partial charge is 0.315 e. The molecular weight excluding hydrogens is 381 g/mol. The van der Waals surface area contributed by atoms with Crippen LogP contribution in [0.4, 0.5) is 0 Å². The first-order valence-electron chi connectivity index (χ1n) is 6.90. The van der Waals surface area contributed by atoms with Gasteiger partial charge < -0.3 is 4.74 Å². The van der Waals surface area contributed by atoms with Gasteiger partial charge in [0.2, 0.25) is 0 Å². The minimum atomic E-state index is -0.631. The summed E-state index contributed by atoms with van der Waals surface area (Å²) >= 11 is 2.24. The van der Waals surface area contributed by atoms with Gasteiger partial charge in [0.15, 0.2) is 0 Å². The number of benzene rings is 1. The number of azide groups is 1. The second-order valence-electron chi connectivity index (χ2n) is 5.10. The lowest BCUT2D eigenvalue weighted by Crippen LogP contribution is -2.33. The third-order valence-electron chi connectivity index (χ3n) is 3.60. The first-order chi connectivity index (χ1) is 10.0. The molecule has 0 saturated carbocycles. The molecule has 1 unspecified atom stereocenters. The Hall–Kier alpha value is -1.27. The number of hydrogen-bond donors (Lipinski definition) is 0. The van der Waals surface area contributed by atoms with Crippen molar-refractivity contribution in [2.45, 2.75) is 38.0 Å². The van der Waals surface area contributed by atoms with E-state index in [1.54, 1.807) is 0 Å². The van der Waals surface area contributed by atoms with Gasteiger partial charge in [-0.25, -0.2) is 0 Å². The number of carbonyl (C=O) groups is 1. The second-order valence-corrected chi connectivity index (χ2v) is 6.34. The van der Waals surface area contributed by atoms with Crippen LogP contribution in [0, 0.1) is 3.57 Å². The molecule has 1 rings (SSSR count). The Bertz CT molecular complexity index is 529. The van der Waals surface area contributed by atoms with Crippen LogP contribution in [0.3, 0.4) is 0 Å². The van der Waals surface area contributed by atoms with Gasteiger partial charge in [-0.3, -0.25) is 4.79 Å². The van der Waals surface area contributed by atoms with Crippen molar-refractivity contribution in [2.75, 3.05) is 13.7 Å². The van der Waals surface area contributed by atoms with Crippen molar-refractivity contribution in [3.8, 4) is 0 Å². The summed E-state index contributed by atoms with van der Waals surface area (Å²) in [5, 5.41) is 3.51. The lowest BCUT2D eigenvalue weighted by atomic mass is 9.78. The van der Waals surface area contributed by atoms with Crippen molar-refractivity contribution in [2.24, 2.45) is 5.11 Å². The molecule has 0 amide bonds. The first-order valence-corrected chi connectivity index (χ1v) is 7.98. The van der Waals surface area contributed by atoms with E-state index in [0.29, 0.717) is 6.54 Å². The Balaban J connectivity index is 2.75. The van der Waals surface area contributed by atoms with Crippen LogP contribution in [0.25, 0.3) is 10.4 Å². The minimum absolute atomic E-state index is 0.209. The molecule has 0 fully saturated rings. The maximum absolute atomic E-state index is 12.2. The van der Waals surface area contributed by atoms with Crippen LogP contribution < -0.4 is 0 Å². The van der Waals surface area contributed by atoms with E-state index in [9.17, 15) is 4.79 Å². The molecule has 0 saturated heterocycles. The fraction of sp³-hybridized carbons (Fsp3) is 0.533. The standard InChI is InChI=1S/C15H20IN3O2/c1-15(14(20)21-2,9-4-3-5-10-18-19-17)12-7-6-8-13(16)11-12/h6-8,11H,3-5,9-10H2,1-2H3. The predicted octanol–water partition coefficient (Wildman–Crippen LogP) is 4.59. The van der Waals surface area contributed by atoms with E-state index in [1.165, 1.54) is 7.11 Å². The number of nitrogens with zero attached hydrogens (tertiary/aromatic N) is 3. The summed E-state index contributed by atoms with van der Waals surface area (Å²) < 4.78 is 6.10. The van der Waals surface area contributed by atoms with Crippen LogP contribution in [0.2, 0.25) is 0 Å². The highest BCUT2D eigenvalue weighted by atomic mass is 127. The third-order valence-corrected chi connectivity index (χ3v) is 4.27. The van der Waals surface area contributed by atoms with Gasteiger partial charge in [-0.15, -0.1) is 0 Å². The highest BCUT2D eigenvalue weighted by Gasteiger charge is 2.35. The molecule has 0 aliphatic heterocycles. The van der Waals surface area contributed by atoms with E-state index in [1.807, 2.05) is 31.2 Å². The Kier molecular flexibility index (Phi) is 7.53. The molecule has 0 radical (unpaired) electrons. The number of methoxy groups -OCH3 is 1. The maximum atomic E-state index is 12.2. The van der Waals surface area contributed by atoms with Gasteiger partial charge in [0, 0.05) is 15.0 Å². The summed E-state index contributed by atoms with van der Waals surface area (Å²) in [6.07, 6.45) is 3.37. The van der Waals surface area contributed by atoms with E-state index < -0.39 is 5.41 Å². The van der Waals surface area contributed by atoms with Gasteiger partial charge in [0.05, 0.1) is 12.5 Å². The molecule has 0 N–H and O–H groups in total. The molecule has 6 heteroatoms. The topological polar surface area (TPSA) is 75.1 Å². The molecule has 1 aromatic rings. The van der Waals surface area contributed by atoms with E-state index in [0.717, 1.165) is 34.8 Å². The van der Waals surface area contributed by atoms with Gasteiger partial charge in [-0.2, -0.15) is 0 Å². The van der Waals surface area contributed by atoms with Gasteiger partial charge in [-0.05, 0) is 65.6 Å². The van der Waals surface area contributed by atoms with Crippen LogP contribution in [-0.4, -0.2) is 19.6 Å². The molecule has 5 nitrogen and oxygen atoms in total.